The molecule has 0 unspecified atom stereocenters. The first kappa shape index (κ1) is 14.2. The molecule has 18 heavy (non-hydrogen) atoms. The highest BCUT2D eigenvalue weighted by molar-refractivity contribution is 6.33. The number of nitrogen functional groups attached to an aromatic ring is 1. The molecular formula is C10H14ClN5O2. The highest BCUT2D eigenvalue weighted by Crippen LogP contribution is 2.16. The number of hydrogen-bond donors (Lipinski definition) is 2. The molecule has 2 heterocycles. The van der Waals surface area contributed by atoms with Crippen LogP contribution in [0.1, 0.15) is 20.8 Å². The van der Waals surface area contributed by atoms with Gasteiger partial charge in [-0.15, -0.1) is 0 Å². The molecule has 0 spiro atoms. The lowest BCUT2D eigenvalue weighted by atomic mass is 10.2. The molecule has 0 saturated carbocycles. The third kappa shape index (κ3) is 4.17. The maximum Gasteiger partial charge on any atom is 0.293 e. The predicted molar refractivity (Wildman–Crippen MR) is 68.0 cm³/mol. The van der Waals surface area contributed by atoms with Gasteiger partial charge >= 0.3 is 0 Å². The van der Waals surface area contributed by atoms with Gasteiger partial charge in [-0.1, -0.05) is 11.6 Å². The van der Waals surface area contributed by atoms with Gasteiger partial charge < -0.3 is 15.5 Å². The Hall–Kier alpha value is -1.89. The number of nitrogens with one attached hydrogen (secondary N) is 1. The maximum absolute atomic E-state index is 9.60. The van der Waals surface area contributed by atoms with Crippen LogP contribution in [0.4, 0.5) is 5.95 Å². The fraction of sp³-hybridized carbons (Fsp3) is 0.400. The largest absolute Gasteiger partial charge is 0.462 e. The van der Waals surface area contributed by atoms with Gasteiger partial charge in [-0.3, -0.25) is 4.79 Å². The average Bonchev–Trinajstić information content (AvgIpc) is 2.64. The molecule has 98 valence electrons. The lowest BCUT2D eigenvalue weighted by molar-refractivity contribution is -0.138. The fourth-order valence-electron chi connectivity index (χ4n) is 0.958. The number of aromatic nitrogens is 4. The zero-order valence-corrected chi connectivity index (χ0v) is 11.0. The summed E-state index contributed by atoms with van der Waals surface area (Å²) in [6, 6.07) is 0. The Morgan fingerprint density at radius 1 is 1.44 bits per heavy atom. The number of H-pyrrole nitrogens is 1. The molecule has 2 rings (SSSR count). The quantitative estimate of drug-likeness (QED) is 0.602. The van der Waals surface area contributed by atoms with E-state index in [9.17, 15) is 4.79 Å². The van der Waals surface area contributed by atoms with Gasteiger partial charge in [0.1, 0.15) is 11.1 Å². The van der Waals surface area contributed by atoms with Crippen molar-refractivity contribution in [3.63, 3.8) is 0 Å². The fourth-order valence-corrected chi connectivity index (χ4v) is 1.18. The van der Waals surface area contributed by atoms with Crippen molar-refractivity contribution in [1.82, 2.24) is 19.9 Å². The van der Waals surface area contributed by atoms with Gasteiger partial charge in [-0.05, 0) is 20.8 Å². The summed E-state index contributed by atoms with van der Waals surface area (Å²) in [7, 11) is 0. The number of halogens is 1. The summed E-state index contributed by atoms with van der Waals surface area (Å²) in [5.74, 6) is 0.134. The van der Waals surface area contributed by atoms with Gasteiger partial charge in [0, 0.05) is 0 Å². The van der Waals surface area contributed by atoms with E-state index < -0.39 is 0 Å². The SMILES string of the molecule is CC(C)(C)OC=O.Nc1nc(Cl)c2[nH]cnc2n1. The second kappa shape index (κ2) is 5.63. The summed E-state index contributed by atoms with van der Waals surface area (Å²) in [6.07, 6.45) is 1.49. The van der Waals surface area contributed by atoms with Crippen molar-refractivity contribution in [3.05, 3.63) is 11.5 Å². The molecule has 0 bridgehead atoms. The maximum atomic E-state index is 9.60. The number of imidazole rings is 1. The van der Waals surface area contributed by atoms with Crippen LogP contribution >= 0.6 is 11.6 Å². The smallest absolute Gasteiger partial charge is 0.293 e. The van der Waals surface area contributed by atoms with Crippen molar-refractivity contribution in [1.29, 1.82) is 0 Å². The molecular weight excluding hydrogens is 258 g/mol. The van der Waals surface area contributed by atoms with E-state index in [0.29, 0.717) is 22.8 Å². The Balaban J connectivity index is 0.000000203. The highest BCUT2D eigenvalue weighted by Gasteiger charge is 2.07. The van der Waals surface area contributed by atoms with Crippen LogP contribution in [-0.4, -0.2) is 32.0 Å². The van der Waals surface area contributed by atoms with E-state index in [1.165, 1.54) is 6.33 Å². The van der Waals surface area contributed by atoms with E-state index in [4.69, 9.17) is 17.3 Å². The third-order valence-electron chi connectivity index (χ3n) is 1.66. The molecule has 8 heteroatoms. The summed E-state index contributed by atoms with van der Waals surface area (Å²) in [5.41, 5.74) is 6.11. The van der Waals surface area contributed by atoms with E-state index in [0.717, 1.165) is 0 Å². The summed E-state index contributed by atoms with van der Waals surface area (Å²) >= 11 is 5.70. The third-order valence-corrected chi connectivity index (χ3v) is 1.93. The first-order valence-electron chi connectivity index (χ1n) is 5.07. The van der Waals surface area contributed by atoms with E-state index in [2.05, 4.69) is 24.7 Å². The molecule has 0 aliphatic rings. The van der Waals surface area contributed by atoms with Crippen molar-refractivity contribution in [3.8, 4) is 0 Å². The Kier molecular flexibility index (Phi) is 4.43. The standard InChI is InChI=1S/C5H4ClN5.C5H10O2/c6-3-2-4(9-1-8-2)11-5(7)10-3;1-5(2,3)7-4-6/h1H,(H3,7,8,9,10,11);4H,1-3H3. The zero-order chi connectivity index (χ0) is 13.8. The molecule has 2 aromatic heterocycles. The molecule has 3 N–H and O–H groups in total. The Morgan fingerprint density at radius 2 is 2.11 bits per heavy atom. The van der Waals surface area contributed by atoms with Crippen LogP contribution in [0.5, 0.6) is 0 Å². The normalized spacial score (nSPS) is 10.7. The minimum absolute atomic E-state index is 0.134. The number of nitrogens with two attached hydrogens (primary N) is 1. The number of ether oxygens (including phenoxy) is 1. The van der Waals surface area contributed by atoms with Gasteiger partial charge in [0.25, 0.3) is 6.47 Å². The molecule has 0 atom stereocenters. The van der Waals surface area contributed by atoms with Crippen LogP contribution in [-0.2, 0) is 9.53 Å². The average molecular weight is 272 g/mol. The Labute approximate surface area is 109 Å². The van der Waals surface area contributed by atoms with Crippen LogP contribution in [0.25, 0.3) is 11.2 Å². The van der Waals surface area contributed by atoms with E-state index in [1.54, 1.807) is 0 Å². The Bertz CT molecular complexity index is 535. The van der Waals surface area contributed by atoms with Crippen molar-refractivity contribution >= 4 is 35.2 Å². The van der Waals surface area contributed by atoms with E-state index in [-0.39, 0.29) is 11.5 Å². The number of hydrogen-bond acceptors (Lipinski definition) is 6. The Morgan fingerprint density at radius 3 is 2.61 bits per heavy atom. The van der Waals surface area contributed by atoms with Gasteiger partial charge in [-0.25, -0.2) is 4.98 Å². The van der Waals surface area contributed by atoms with Crippen molar-refractivity contribution in [2.24, 2.45) is 0 Å². The van der Waals surface area contributed by atoms with E-state index >= 15 is 0 Å². The number of anilines is 1. The molecule has 0 aromatic carbocycles. The number of fused-ring (bicyclic) bond motifs is 1. The van der Waals surface area contributed by atoms with Crippen LogP contribution in [0.15, 0.2) is 6.33 Å². The van der Waals surface area contributed by atoms with Crippen LogP contribution in [0.2, 0.25) is 5.15 Å². The number of rotatable bonds is 1. The topological polar surface area (TPSA) is 107 Å². The minimum atomic E-state index is -0.318. The second-order valence-corrected chi connectivity index (χ2v) is 4.66. The molecule has 0 amide bonds. The molecule has 0 fully saturated rings. The van der Waals surface area contributed by atoms with Gasteiger partial charge in [-0.2, -0.15) is 9.97 Å². The van der Waals surface area contributed by atoms with Crippen LogP contribution < -0.4 is 5.73 Å². The first-order valence-corrected chi connectivity index (χ1v) is 5.45. The summed E-state index contributed by atoms with van der Waals surface area (Å²) < 4.78 is 4.55. The molecule has 0 radical (unpaired) electrons. The molecule has 2 aromatic rings. The molecule has 0 saturated heterocycles. The monoisotopic (exact) mass is 271 g/mol. The van der Waals surface area contributed by atoms with Crippen molar-refractivity contribution in [2.45, 2.75) is 26.4 Å². The minimum Gasteiger partial charge on any atom is -0.462 e. The number of nitrogens with zero attached hydrogens (tertiary/aromatic N) is 3. The van der Waals surface area contributed by atoms with Gasteiger partial charge in [0.2, 0.25) is 5.95 Å². The van der Waals surface area contributed by atoms with Gasteiger partial charge in [0.05, 0.1) is 6.33 Å². The summed E-state index contributed by atoms with van der Waals surface area (Å²) in [4.78, 5) is 23.8. The first-order chi connectivity index (χ1) is 8.33. The number of carbonyl (C=O) groups excluding carboxylic acids is 1. The summed E-state index contributed by atoms with van der Waals surface area (Å²) in [5, 5.41) is 0.296. The lowest BCUT2D eigenvalue weighted by Crippen LogP contribution is -2.17. The van der Waals surface area contributed by atoms with Crippen molar-refractivity contribution in [2.75, 3.05) is 5.73 Å². The number of aromatic amines is 1. The summed E-state index contributed by atoms with van der Waals surface area (Å²) in [6.45, 7) is 5.92. The molecule has 0 aliphatic heterocycles. The van der Waals surface area contributed by atoms with Crippen molar-refractivity contribution < 1.29 is 9.53 Å². The van der Waals surface area contributed by atoms with Crippen LogP contribution in [0.3, 0.4) is 0 Å². The number of carbonyl (C=O) groups is 1. The van der Waals surface area contributed by atoms with Crippen LogP contribution in [0, 0.1) is 0 Å². The predicted octanol–water partition coefficient (Wildman–Crippen LogP) is 1.55. The molecule has 0 aliphatic carbocycles. The van der Waals surface area contributed by atoms with E-state index in [1.807, 2.05) is 20.8 Å². The zero-order valence-electron chi connectivity index (χ0n) is 10.3. The highest BCUT2D eigenvalue weighted by atomic mass is 35.5. The lowest BCUT2D eigenvalue weighted by Gasteiger charge is -2.14. The second-order valence-electron chi connectivity index (χ2n) is 4.30. The van der Waals surface area contributed by atoms with Gasteiger partial charge in [0.15, 0.2) is 10.8 Å². The molecule has 7 nitrogen and oxygen atoms in total.